The van der Waals surface area contributed by atoms with Gasteiger partial charge in [0, 0.05) is 23.0 Å². The predicted octanol–water partition coefficient (Wildman–Crippen LogP) is 4.67. The van der Waals surface area contributed by atoms with Gasteiger partial charge < -0.3 is 10.4 Å². The second-order valence-electron chi connectivity index (χ2n) is 8.45. The molecule has 2 aromatic heterocycles. The molecule has 7 nitrogen and oxygen atoms in total. The van der Waals surface area contributed by atoms with E-state index >= 15 is 0 Å². The summed E-state index contributed by atoms with van der Waals surface area (Å²) in [4.78, 5) is 21.4. The first-order valence-corrected chi connectivity index (χ1v) is 11.1. The van der Waals surface area contributed by atoms with Crippen LogP contribution in [0.3, 0.4) is 0 Å². The van der Waals surface area contributed by atoms with Crippen molar-refractivity contribution in [1.29, 1.82) is 0 Å². The summed E-state index contributed by atoms with van der Waals surface area (Å²) in [5.41, 5.74) is 3.49. The van der Waals surface area contributed by atoms with Crippen LogP contribution in [0, 0.1) is 12.7 Å². The Morgan fingerprint density at radius 1 is 1.06 bits per heavy atom. The number of fused-ring (bicyclic) bond motifs is 1. The van der Waals surface area contributed by atoms with Gasteiger partial charge >= 0.3 is 0 Å². The summed E-state index contributed by atoms with van der Waals surface area (Å²) in [6.45, 7) is 1.86. The van der Waals surface area contributed by atoms with Crippen molar-refractivity contribution in [3.05, 3.63) is 71.9 Å². The van der Waals surface area contributed by atoms with Gasteiger partial charge in [0.2, 0.25) is 0 Å². The summed E-state index contributed by atoms with van der Waals surface area (Å²) in [5.74, 6) is -0.00289. The van der Waals surface area contributed by atoms with Gasteiger partial charge in [-0.1, -0.05) is 12.1 Å². The summed E-state index contributed by atoms with van der Waals surface area (Å²) in [5, 5.41) is 18.5. The van der Waals surface area contributed by atoms with E-state index in [9.17, 15) is 14.3 Å². The van der Waals surface area contributed by atoms with Crippen molar-refractivity contribution in [2.45, 2.75) is 44.8 Å². The second kappa shape index (κ2) is 8.71. The van der Waals surface area contributed by atoms with Gasteiger partial charge in [0.1, 0.15) is 17.3 Å². The minimum Gasteiger partial charge on any atom is -0.393 e. The summed E-state index contributed by atoms with van der Waals surface area (Å²) in [6.07, 6.45) is 4.79. The number of nitrogens with zero attached hydrogens (tertiary/aromatic N) is 4. The third-order valence-electron chi connectivity index (χ3n) is 6.10. The van der Waals surface area contributed by atoms with E-state index in [-0.39, 0.29) is 23.9 Å². The van der Waals surface area contributed by atoms with Crippen molar-refractivity contribution in [3.8, 4) is 11.3 Å². The van der Waals surface area contributed by atoms with Crippen LogP contribution in [0.1, 0.15) is 47.9 Å². The van der Waals surface area contributed by atoms with Crippen LogP contribution < -0.4 is 5.32 Å². The van der Waals surface area contributed by atoms with E-state index in [1.165, 1.54) is 24.3 Å². The summed E-state index contributed by atoms with van der Waals surface area (Å²) < 4.78 is 15.1. The summed E-state index contributed by atoms with van der Waals surface area (Å²) in [7, 11) is 0. The van der Waals surface area contributed by atoms with E-state index < -0.39 is 0 Å². The molecule has 1 fully saturated rings. The predicted molar refractivity (Wildman–Crippen MR) is 123 cm³/mol. The standard InChI is InChI=1S/C25H24FN5O2/c1-15-27-14-22-23(30-31(24(22)28-15)20-10-12-21(32)13-11-20)16-4-8-19(9-5-16)29-25(33)17-2-6-18(26)7-3-17/h2-9,14,20-21,32H,10-13H2,1H3,(H,29,33). The molecular weight excluding hydrogens is 421 g/mol. The van der Waals surface area contributed by atoms with Crippen molar-refractivity contribution in [2.75, 3.05) is 5.32 Å². The lowest BCUT2D eigenvalue weighted by Crippen LogP contribution is -2.22. The zero-order valence-corrected chi connectivity index (χ0v) is 18.2. The molecule has 1 amide bonds. The Balaban J connectivity index is 1.43. The number of amides is 1. The zero-order valence-electron chi connectivity index (χ0n) is 18.2. The average Bonchev–Trinajstić information content (AvgIpc) is 3.19. The number of aliphatic hydroxyl groups is 1. The molecule has 4 aromatic rings. The van der Waals surface area contributed by atoms with Gasteiger partial charge in [0.25, 0.3) is 5.91 Å². The van der Waals surface area contributed by atoms with Crippen LogP contribution in [0.25, 0.3) is 22.3 Å². The number of carbonyl (C=O) groups is 1. The minimum absolute atomic E-state index is 0.188. The maximum atomic E-state index is 13.1. The highest BCUT2D eigenvalue weighted by Crippen LogP contribution is 2.34. The maximum Gasteiger partial charge on any atom is 0.255 e. The Morgan fingerprint density at radius 3 is 2.45 bits per heavy atom. The van der Waals surface area contributed by atoms with Crippen LogP contribution in [0.5, 0.6) is 0 Å². The molecule has 33 heavy (non-hydrogen) atoms. The van der Waals surface area contributed by atoms with Gasteiger partial charge in [0.15, 0.2) is 5.65 Å². The molecule has 1 saturated carbocycles. The number of halogens is 1. The molecule has 2 heterocycles. The van der Waals surface area contributed by atoms with Crippen LogP contribution in [0.15, 0.2) is 54.7 Å². The quantitative estimate of drug-likeness (QED) is 0.476. The molecule has 2 N–H and O–H groups in total. The van der Waals surface area contributed by atoms with E-state index in [2.05, 4.69) is 15.3 Å². The number of carbonyl (C=O) groups excluding carboxylic acids is 1. The highest BCUT2D eigenvalue weighted by atomic mass is 19.1. The third kappa shape index (κ3) is 4.34. The van der Waals surface area contributed by atoms with Crippen molar-refractivity contribution in [2.24, 2.45) is 0 Å². The van der Waals surface area contributed by atoms with Crippen LogP contribution in [0.2, 0.25) is 0 Å². The number of aryl methyl sites for hydroxylation is 1. The Bertz CT molecular complexity index is 1290. The highest BCUT2D eigenvalue weighted by molar-refractivity contribution is 6.04. The van der Waals surface area contributed by atoms with Gasteiger partial charge in [-0.15, -0.1) is 0 Å². The molecule has 1 aliphatic carbocycles. The SMILES string of the molecule is Cc1ncc2c(-c3ccc(NC(=O)c4ccc(F)cc4)cc3)nn(C3CCC(O)CC3)c2n1. The number of aromatic nitrogens is 4. The topological polar surface area (TPSA) is 92.9 Å². The molecule has 0 atom stereocenters. The van der Waals surface area contributed by atoms with Gasteiger partial charge in [-0.2, -0.15) is 5.10 Å². The fourth-order valence-electron chi connectivity index (χ4n) is 4.30. The van der Waals surface area contributed by atoms with E-state index in [1.54, 1.807) is 6.20 Å². The monoisotopic (exact) mass is 445 g/mol. The lowest BCUT2D eigenvalue weighted by molar-refractivity contribution is 0.102. The van der Waals surface area contributed by atoms with E-state index in [0.29, 0.717) is 17.1 Å². The van der Waals surface area contributed by atoms with E-state index in [1.807, 2.05) is 35.9 Å². The third-order valence-corrected chi connectivity index (χ3v) is 6.10. The van der Waals surface area contributed by atoms with Crippen molar-refractivity contribution in [3.63, 3.8) is 0 Å². The first-order chi connectivity index (χ1) is 16.0. The molecule has 0 unspecified atom stereocenters. The van der Waals surface area contributed by atoms with Crippen LogP contribution in [-0.4, -0.2) is 36.9 Å². The fourth-order valence-corrected chi connectivity index (χ4v) is 4.30. The molecule has 0 saturated heterocycles. The number of rotatable bonds is 4. The lowest BCUT2D eigenvalue weighted by Gasteiger charge is -2.25. The van der Waals surface area contributed by atoms with Gasteiger partial charge in [0.05, 0.1) is 17.5 Å². The van der Waals surface area contributed by atoms with Crippen molar-refractivity contribution >= 4 is 22.6 Å². The Morgan fingerprint density at radius 2 is 1.76 bits per heavy atom. The van der Waals surface area contributed by atoms with Crippen LogP contribution in [-0.2, 0) is 0 Å². The van der Waals surface area contributed by atoms with Gasteiger partial charge in [-0.3, -0.25) is 4.79 Å². The number of nitrogens with one attached hydrogen (secondary N) is 1. The largest absolute Gasteiger partial charge is 0.393 e. The molecule has 1 aliphatic rings. The van der Waals surface area contributed by atoms with Crippen molar-refractivity contribution < 1.29 is 14.3 Å². The number of hydrogen-bond acceptors (Lipinski definition) is 5. The molecule has 2 aromatic carbocycles. The summed E-state index contributed by atoms with van der Waals surface area (Å²) in [6, 6.07) is 13.0. The maximum absolute atomic E-state index is 13.1. The number of anilines is 1. The van der Waals surface area contributed by atoms with E-state index in [4.69, 9.17) is 5.10 Å². The molecule has 0 bridgehead atoms. The Kier molecular flexibility index (Phi) is 5.60. The molecule has 5 rings (SSSR count). The second-order valence-corrected chi connectivity index (χ2v) is 8.45. The zero-order chi connectivity index (χ0) is 22.9. The Labute approximate surface area is 190 Å². The molecule has 168 valence electrons. The average molecular weight is 445 g/mol. The molecule has 0 aliphatic heterocycles. The molecule has 8 heteroatoms. The highest BCUT2D eigenvalue weighted by Gasteiger charge is 2.25. The fraction of sp³-hybridized carbons (Fsp3) is 0.280. The normalized spacial score (nSPS) is 18.4. The molecule has 0 spiro atoms. The summed E-state index contributed by atoms with van der Waals surface area (Å²) >= 11 is 0. The Hall–Kier alpha value is -3.65. The minimum atomic E-state index is -0.383. The van der Waals surface area contributed by atoms with Gasteiger partial charge in [-0.25, -0.2) is 19.0 Å². The first kappa shape index (κ1) is 21.2. The van der Waals surface area contributed by atoms with Crippen molar-refractivity contribution in [1.82, 2.24) is 19.7 Å². The number of hydrogen-bond donors (Lipinski definition) is 2. The first-order valence-electron chi connectivity index (χ1n) is 11.1. The van der Waals surface area contributed by atoms with Crippen LogP contribution >= 0.6 is 0 Å². The number of aliphatic hydroxyl groups excluding tert-OH is 1. The smallest absolute Gasteiger partial charge is 0.255 e. The van der Waals surface area contributed by atoms with E-state index in [0.717, 1.165) is 48.0 Å². The molecular formula is C25H24FN5O2. The van der Waals surface area contributed by atoms with Gasteiger partial charge in [-0.05, 0) is 69.0 Å². The number of benzene rings is 2. The lowest BCUT2D eigenvalue weighted by atomic mass is 9.93. The molecule has 0 radical (unpaired) electrons. The van der Waals surface area contributed by atoms with Crippen LogP contribution in [0.4, 0.5) is 10.1 Å².